The highest BCUT2D eigenvalue weighted by molar-refractivity contribution is 7.92. The lowest BCUT2D eigenvalue weighted by molar-refractivity contribution is -0.117. The molecule has 1 saturated carbocycles. The van der Waals surface area contributed by atoms with Crippen LogP contribution >= 0.6 is 12.3 Å². The van der Waals surface area contributed by atoms with Gasteiger partial charge in [-0.1, -0.05) is 0 Å². The fraction of sp³-hybridized carbons (Fsp3) is 0.250. The maximum absolute atomic E-state index is 13.0. The Bertz CT molecular complexity index is 1240. The number of fused-ring (bicyclic) bond motifs is 2. The molecule has 6 nitrogen and oxygen atoms in total. The van der Waals surface area contributed by atoms with Gasteiger partial charge < -0.3 is 9.88 Å². The smallest absolute Gasteiger partial charge is 0.228 e. The zero-order valence-electron chi connectivity index (χ0n) is 15.4. The van der Waals surface area contributed by atoms with Crippen LogP contribution in [0.3, 0.4) is 0 Å². The first kappa shape index (κ1) is 17.2. The van der Waals surface area contributed by atoms with Crippen LogP contribution in [0.2, 0.25) is 0 Å². The molecule has 3 heterocycles. The van der Waals surface area contributed by atoms with Gasteiger partial charge in [-0.25, -0.2) is 4.98 Å². The number of hydrogen-bond acceptors (Lipinski definition) is 4. The number of aryl methyl sites for hydroxylation is 2. The molecule has 1 amide bonds. The zero-order valence-corrected chi connectivity index (χ0v) is 16.3. The second-order valence-electron chi connectivity index (χ2n) is 7.29. The van der Waals surface area contributed by atoms with Crippen LogP contribution in [0.4, 0.5) is 9.70 Å². The number of hydrogen-bond donors (Lipinski definition) is 1. The molecule has 0 aliphatic heterocycles. The van der Waals surface area contributed by atoms with E-state index in [-0.39, 0.29) is 24.2 Å². The average molecular weight is 395 g/mol. The quantitative estimate of drug-likeness (QED) is 0.547. The normalized spacial score (nSPS) is 14.1. The molecular weight excluding hydrogens is 377 g/mol. The fourth-order valence-corrected chi connectivity index (χ4v) is 3.94. The summed E-state index contributed by atoms with van der Waals surface area (Å²) in [7, 11) is 1.99. The molecule has 0 bridgehead atoms. The Kier molecular flexibility index (Phi) is 3.90. The Morgan fingerprint density at radius 3 is 2.75 bits per heavy atom. The molecule has 8 heteroatoms. The Morgan fingerprint density at radius 2 is 2.00 bits per heavy atom. The second-order valence-corrected chi connectivity index (χ2v) is 7.78. The molecule has 4 aromatic rings. The van der Waals surface area contributed by atoms with Crippen LogP contribution in [-0.2, 0) is 11.8 Å². The van der Waals surface area contributed by atoms with Crippen molar-refractivity contribution in [3.05, 3.63) is 42.2 Å². The van der Waals surface area contributed by atoms with E-state index in [0.29, 0.717) is 5.82 Å². The maximum Gasteiger partial charge on any atom is 0.228 e. The largest absolute Gasteiger partial charge is 0.342 e. The van der Waals surface area contributed by atoms with Gasteiger partial charge in [-0.05, 0) is 49.6 Å². The molecule has 142 valence electrons. The van der Waals surface area contributed by atoms with Crippen molar-refractivity contribution >= 4 is 45.9 Å². The number of benzene rings is 1. The lowest BCUT2D eigenvalue weighted by atomic mass is 10.0. The summed E-state index contributed by atoms with van der Waals surface area (Å²) in [6.45, 7) is 2.01. The van der Waals surface area contributed by atoms with Crippen molar-refractivity contribution < 1.29 is 8.68 Å². The molecule has 0 spiro atoms. The third-order valence-electron chi connectivity index (χ3n) is 5.35. The second kappa shape index (κ2) is 6.34. The van der Waals surface area contributed by atoms with E-state index in [1.54, 1.807) is 12.4 Å². The predicted molar refractivity (Wildman–Crippen MR) is 110 cm³/mol. The first-order chi connectivity index (χ1) is 13.5. The maximum atomic E-state index is 13.0. The van der Waals surface area contributed by atoms with E-state index in [2.05, 4.69) is 26.0 Å². The molecule has 1 aliphatic rings. The van der Waals surface area contributed by atoms with E-state index in [4.69, 9.17) is 0 Å². The SMILES string of the molecule is Cc1cc2c(cnn2SF)cc1-c1cc2cc(NC(=O)C3CC3)ncc2n1C. The number of nitrogens with one attached hydrogen (secondary N) is 1. The minimum Gasteiger partial charge on any atom is -0.342 e. The number of nitrogens with zero attached hydrogens (tertiary/aromatic N) is 4. The lowest BCUT2D eigenvalue weighted by Crippen LogP contribution is -2.14. The van der Waals surface area contributed by atoms with Crippen molar-refractivity contribution in [2.24, 2.45) is 13.0 Å². The van der Waals surface area contributed by atoms with Gasteiger partial charge in [-0.15, -0.1) is 3.89 Å². The molecule has 0 saturated heterocycles. The number of anilines is 1. The number of amides is 1. The molecule has 1 fully saturated rings. The molecule has 1 aromatic carbocycles. The van der Waals surface area contributed by atoms with Crippen LogP contribution in [0.5, 0.6) is 0 Å². The fourth-order valence-electron chi connectivity index (χ4n) is 3.62. The molecular formula is C20H18FN5OS. The van der Waals surface area contributed by atoms with Gasteiger partial charge in [-0.3, -0.25) is 4.79 Å². The highest BCUT2D eigenvalue weighted by atomic mass is 32.2. The molecule has 1 aliphatic carbocycles. The van der Waals surface area contributed by atoms with E-state index >= 15 is 0 Å². The Hall–Kier alpha value is -2.87. The Balaban J connectivity index is 1.58. The van der Waals surface area contributed by atoms with Gasteiger partial charge in [0.2, 0.25) is 5.91 Å². The van der Waals surface area contributed by atoms with Gasteiger partial charge in [-0.2, -0.15) is 9.19 Å². The van der Waals surface area contributed by atoms with Crippen LogP contribution in [0, 0.1) is 12.8 Å². The number of pyridine rings is 1. The van der Waals surface area contributed by atoms with E-state index in [1.807, 2.05) is 32.2 Å². The summed E-state index contributed by atoms with van der Waals surface area (Å²) < 4.78 is 16.4. The predicted octanol–water partition coefficient (Wildman–Crippen LogP) is 4.63. The van der Waals surface area contributed by atoms with Gasteiger partial charge in [0.15, 0.2) is 12.3 Å². The van der Waals surface area contributed by atoms with Crippen LogP contribution in [-0.4, -0.2) is 24.6 Å². The summed E-state index contributed by atoms with van der Waals surface area (Å²) in [6.07, 6.45) is 5.37. The third-order valence-corrected chi connectivity index (χ3v) is 5.77. The number of carbonyl (C=O) groups is 1. The van der Waals surface area contributed by atoms with Crippen molar-refractivity contribution in [3.8, 4) is 11.3 Å². The summed E-state index contributed by atoms with van der Waals surface area (Å²) in [4.78, 5) is 16.4. The topological polar surface area (TPSA) is 64.7 Å². The van der Waals surface area contributed by atoms with Crippen molar-refractivity contribution in [3.63, 3.8) is 0 Å². The van der Waals surface area contributed by atoms with Crippen LogP contribution in [0.1, 0.15) is 18.4 Å². The summed E-state index contributed by atoms with van der Waals surface area (Å²) in [5.74, 6) is 0.767. The van der Waals surface area contributed by atoms with Crippen molar-refractivity contribution in [1.82, 2.24) is 18.7 Å². The van der Waals surface area contributed by atoms with Gasteiger partial charge >= 0.3 is 0 Å². The first-order valence-corrected chi connectivity index (χ1v) is 9.76. The van der Waals surface area contributed by atoms with Gasteiger partial charge in [0.1, 0.15) is 5.82 Å². The van der Waals surface area contributed by atoms with E-state index in [9.17, 15) is 8.68 Å². The van der Waals surface area contributed by atoms with Crippen LogP contribution in [0.15, 0.2) is 36.7 Å². The number of rotatable bonds is 4. The van der Waals surface area contributed by atoms with E-state index in [1.165, 1.54) is 4.09 Å². The molecule has 28 heavy (non-hydrogen) atoms. The lowest BCUT2D eigenvalue weighted by Gasteiger charge is -2.09. The summed E-state index contributed by atoms with van der Waals surface area (Å²) in [5.41, 5.74) is 4.85. The standard InChI is InChI=1S/C20H18FN5OS/c1-11-5-16-14(9-23-26(16)28-21)6-15(11)17-7-13-8-19(22-10-18(13)25(17)2)24-20(27)12-3-4-12/h5-10,12H,3-4H2,1-2H3,(H,22,24,27). The minimum atomic E-state index is 0.0482. The van der Waals surface area contributed by atoms with Crippen molar-refractivity contribution in [2.75, 3.05) is 5.32 Å². The summed E-state index contributed by atoms with van der Waals surface area (Å²) in [6, 6.07) is 7.97. The number of aromatic nitrogens is 4. The van der Waals surface area contributed by atoms with Crippen molar-refractivity contribution in [2.45, 2.75) is 19.8 Å². The van der Waals surface area contributed by atoms with Crippen molar-refractivity contribution in [1.29, 1.82) is 0 Å². The van der Waals surface area contributed by atoms with E-state index in [0.717, 1.165) is 51.5 Å². The van der Waals surface area contributed by atoms with Crippen LogP contribution < -0.4 is 5.32 Å². The van der Waals surface area contributed by atoms with Gasteiger partial charge in [0, 0.05) is 35.0 Å². The Morgan fingerprint density at radius 1 is 1.18 bits per heavy atom. The molecule has 1 N–H and O–H groups in total. The average Bonchev–Trinajstić information content (AvgIpc) is 3.39. The highest BCUT2D eigenvalue weighted by Gasteiger charge is 2.29. The molecule has 0 unspecified atom stereocenters. The molecule has 5 rings (SSSR count). The summed E-state index contributed by atoms with van der Waals surface area (Å²) in [5, 5.41) is 8.85. The highest BCUT2D eigenvalue weighted by Crippen LogP contribution is 2.34. The van der Waals surface area contributed by atoms with Gasteiger partial charge in [0.05, 0.1) is 23.4 Å². The molecule has 0 radical (unpaired) electrons. The third kappa shape index (κ3) is 2.75. The van der Waals surface area contributed by atoms with Crippen LogP contribution in [0.25, 0.3) is 33.1 Å². The zero-order chi connectivity index (χ0) is 19.4. The summed E-state index contributed by atoms with van der Waals surface area (Å²) >= 11 is 0.0926. The number of halogens is 1. The minimum absolute atomic E-state index is 0.0482. The number of carbonyl (C=O) groups excluding carboxylic acids is 1. The first-order valence-electron chi connectivity index (χ1n) is 9.09. The Labute approximate surface area is 165 Å². The van der Waals surface area contributed by atoms with Gasteiger partial charge in [0.25, 0.3) is 0 Å². The van der Waals surface area contributed by atoms with E-state index < -0.39 is 0 Å². The molecule has 0 atom stereocenters. The monoisotopic (exact) mass is 395 g/mol. The molecule has 3 aromatic heterocycles.